The van der Waals surface area contributed by atoms with Crippen LogP contribution in [0.3, 0.4) is 0 Å². The second kappa shape index (κ2) is 8.94. The van der Waals surface area contributed by atoms with E-state index >= 15 is 0 Å². The Labute approximate surface area is 200 Å². The van der Waals surface area contributed by atoms with Crippen LogP contribution in [0.2, 0.25) is 0 Å². The van der Waals surface area contributed by atoms with Gasteiger partial charge in [-0.1, -0.05) is 66.7 Å². The van der Waals surface area contributed by atoms with Gasteiger partial charge in [0.05, 0.1) is 12.8 Å². The first kappa shape index (κ1) is 22.1. The highest BCUT2D eigenvalue weighted by atomic mass is 16.5. The lowest BCUT2D eigenvalue weighted by molar-refractivity contribution is -0.120. The third-order valence-corrected chi connectivity index (χ3v) is 7.18. The molecule has 0 fully saturated rings. The quantitative estimate of drug-likeness (QED) is 0.472. The molecule has 1 amide bonds. The van der Waals surface area contributed by atoms with Gasteiger partial charge in [0.2, 0.25) is 5.91 Å². The summed E-state index contributed by atoms with van der Waals surface area (Å²) in [4.78, 5) is 29.5. The molecular weight excluding hydrogens is 422 g/mol. The van der Waals surface area contributed by atoms with Crippen LogP contribution in [0.4, 0.5) is 5.69 Å². The number of carbonyl (C=O) groups is 2. The number of hydrogen-bond donors (Lipinski definition) is 0. The van der Waals surface area contributed by atoms with E-state index in [0.717, 1.165) is 39.2 Å². The largest absolute Gasteiger partial charge is 0.496 e. The Morgan fingerprint density at radius 3 is 2.18 bits per heavy atom. The van der Waals surface area contributed by atoms with E-state index in [0.29, 0.717) is 18.6 Å². The third kappa shape index (κ3) is 3.73. The zero-order valence-corrected chi connectivity index (χ0v) is 19.9. The van der Waals surface area contributed by atoms with Crippen molar-refractivity contribution in [3.63, 3.8) is 0 Å². The summed E-state index contributed by atoms with van der Waals surface area (Å²) in [6.07, 6.45) is 1.34. The summed E-state index contributed by atoms with van der Waals surface area (Å²) in [6, 6.07) is 24.0. The topological polar surface area (TPSA) is 46.6 Å². The highest BCUT2D eigenvalue weighted by molar-refractivity contribution is 6.08. The van der Waals surface area contributed by atoms with Gasteiger partial charge in [-0.25, -0.2) is 0 Å². The van der Waals surface area contributed by atoms with Gasteiger partial charge in [0.25, 0.3) is 0 Å². The van der Waals surface area contributed by atoms with E-state index in [1.807, 2.05) is 79.4 Å². The fourth-order valence-corrected chi connectivity index (χ4v) is 5.63. The van der Waals surface area contributed by atoms with Gasteiger partial charge < -0.3 is 4.74 Å². The maximum Gasteiger partial charge on any atom is 0.232 e. The molecule has 1 aliphatic heterocycles. The van der Waals surface area contributed by atoms with Crippen molar-refractivity contribution in [3.05, 3.63) is 106 Å². The molecule has 2 atom stereocenters. The molecule has 3 aromatic carbocycles. The molecule has 1 aliphatic carbocycles. The van der Waals surface area contributed by atoms with Crippen LogP contribution >= 0.6 is 0 Å². The molecule has 0 saturated carbocycles. The smallest absolute Gasteiger partial charge is 0.232 e. The molecule has 3 aromatic rings. The normalized spacial score (nSPS) is 20.4. The number of aryl methyl sites for hydroxylation is 2. The molecule has 1 heterocycles. The standard InChI is InChI=1S/C30H29NO3/c1-19-10-9-11-20(2)30(19)31-25-16-22(21-12-5-4-6-13-21)17-26(32)29(25)24(18-28(31)33)23-14-7-8-15-27(23)34-3/h4-15,22,24H,16-18H2,1-3H3. The summed E-state index contributed by atoms with van der Waals surface area (Å²) in [6.45, 7) is 4.06. The van der Waals surface area contributed by atoms with Crippen molar-refractivity contribution in [2.75, 3.05) is 12.0 Å². The lowest BCUT2D eigenvalue weighted by Crippen LogP contribution is -2.42. The van der Waals surface area contributed by atoms with Crippen LogP contribution in [0, 0.1) is 13.8 Å². The number of para-hydroxylation sites is 2. The van der Waals surface area contributed by atoms with Gasteiger partial charge in [0.1, 0.15) is 5.75 Å². The van der Waals surface area contributed by atoms with E-state index in [4.69, 9.17) is 4.74 Å². The summed E-state index contributed by atoms with van der Waals surface area (Å²) in [5.41, 5.74) is 6.61. The Bertz CT molecular complexity index is 1270. The molecule has 5 rings (SSSR count). The minimum atomic E-state index is -0.302. The van der Waals surface area contributed by atoms with Gasteiger partial charge in [0.15, 0.2) is 5.78 Å². The fraction of sp³-hybridized carbons (Fsp3) is 0.267. The second-order valence-corrected chi connectivity index (χ2v) is 9.27. The molecule has 4 nitrogen and oxygen atoms in total. The minimum absolute atomic E-state index is 0.0218. The first-order chi connectivity index (χ1) is 16.5. The number of amides is 1. The molecule has 0 saturated heterocycles. The van der Waals surface area contributed by atoms with Gasteiger partial charge in [0, 0.05) is 35.6 Å². The van der Waals surface area contributed by atoms with E-state index in [2.05, 4.69) is 12.1 Å². The molecule has 34 heavy (non-hydrogen) atoms. The number of nitrogens with zero attached hydrogens (tertiary/aromatic N) is 1. The Morgan fingerprint density at radius 2 is 1.47 bits per heavy atom. The monoisotopic (exact) mass is 451 g/mol. The van der Waals surface area contributed by atoms with Crippen molar-refractivity contribution in [3.8, 4) is 5.75 Å². The number of rotatable bonds is 4. The Kier molecular flexibility index (Phi) is 5.82. The van der Waals surface area contributed by atoms with Crippen molar-refractivity contribution < 1.29 is 14.3 Å². The second-order valence-electron chi connectivity index (χ2n) is 9.27. The van der Waals surface area contributed by atoms with E-state index in [1.54, 1.807) is 7.11 Å². The van der Waals surface area contributed by atoms with Gasteiger partial charge >= 0.3 is 0 Å². The molecule has 0 bridgehead atoms. The summed E-state index contributed by atoms with van der Waals surface area (Å²) in [7, 11) is 1.63. The number of ketones is 1. The number of benzene rings is 3. The van der Waals surface area contributed by atoms with Crippen molar-refractivity contribution in [2.24, 2.45) is 0 Å². The van der Waals surface area contributed by atoms with Crippen LogP contribution in [0.5, 0.6) is 5.75 Å². The van der Waals surface area contributed by atoms with Crippen LogP contribution in [-0.4, -0.2) is 18.8 Å². The lowest BCUT2D eigenvalue weighted by Gasteiger charge is -2.41. The van der Waals surface area contributed by atoms with E-state index in [1.165, 1.54) is 0 Å². The third-order valence-electron chi connectivity index (χ3n) is 7.18. The number of hydrogen-bond acceptors (Lipinski definition) is 3. The molecule has 2 unspecified atom stereocenters. The van der Waals surface area contributed by atoms with Gasteiger partial charge in [-0.05, 0) is 48.9 Å². The van der Waals surface area contributed by atoms with Crippen molar-refractivity contribution in [1.82, 2.24) is 0 Å². The maximum atomic E-state index is 13.8. The number of Topliss-reactive ketones (excluding diaryl/α,β-unsaturated/α-hetero) is 1. The summed E-state index contributed by atoms with van der Waals surface area (Å²) in [5, 5.41) is 0. The highest BCUT2D eigenvalue weighted by Crippen LogP contribution is 2.49. The number of methoxy groups -OCH3 is 1. The molecular formula is C30H29NO3. The molecule has 2 aliphatic rings. The van der Waals surface area contributed by atoms with Crippen molar-refractivity contribution >= 4 is 17.4 Å². The number of anilines is 1. The lowest BCUT2D eigenvalue weighted by atomic mass is 9.72. The van der Waals surface area contributed by atoms with E-state index in [9.17, 15) is 9.59 Å². The highest BCUT2D eigenvalue weighted by Gasteiger charge is 2.43. The van der Waals surface area contributed by atoms with Crippen LogP contribution in [0.15, 0.2) is 84.1 Å². The Balaban J connectivity index is 1.71. The van der Waals surface area contributed by atoms with Crippen molar-refractivity contribution in [2.45, 2.75) is 44.9 Å². The Morgan fingerprint density at radius 1 is 0.794 bits per heavy atom. The van der Waals surface area contributed by atoms with Crippen LogP contribution in [-0.2, 0) is 9.59 Å². The first-order valence-corrected chi connectivity index (χ1v) is 11.8. The summed E-state index contributed by atoms with van der Waals surface area (Å²) >= 11 is 0. The molecule has 0 radical (unpaired) electrons. The zero-order chi connectivity index (χ0) is 23.8. The number of ether oxygens (including phenoxy) is 1. The summed E-state index contributed by atoms with van der Waals surface area (Å²) in [5.74, 6) is 0.598. The average molecular weight is 452 g/mol. The van der Waals surface area contributed by atoms with E-state index in [-0.39, 0.29) is 29.9 Å². The van der Waals surface area contributed by atoms with Crippen LogP contribution in [0.1, 0.15) is 53.4 Å². The zero-order valence-electron chi connectivity index (χ0n) is 19.9. The van der Waals surface area contributed by atoms with Crippen LogP contribution in [0.25, 0.3) is 0 Å². The maximum absolute atomic E-state index is 13.8. The van der Waals surface area contributed by atoms with Crippen molar-refractivity contribution in [1.29, 1.82) is 0 Å². The molecule has 0 N–H and O–H groups in total. The molecule has 0 aromatic heterocycles. The molecule has 172 valence electrons. The SMILES string of the molecule is COc1ccccc1C1CC(=O)N(c2c(C)cccc2C)C2=C1C(=O)CC(c1ccccc1)C2. The van der Waals surface area contributed by atoms with Gasteiger partial charge in [-0.15, -0.1) is 0 Å². The molecule has 0 spiro atoms. The first-order valence-electron chi connectivity index (χ1n) is 11.8. The number of carbonyl (C=O) groups excluding carboxylic acids is 2. The predicted molar refractivity (Wildman–Crippen MR) is 134 cm³/mol. The fourth-order valence-electron chi connectivity index (χ4n) is 5.63. The van der Waals surface area contributed by atoms with E-state index < -0.39 is 0 Å². The van der Waals surface area contributed by atoms with Crippen LogP contribution < -0.4 is 9.64 Å². The molecule has 4 heteroatoms. The van der Waals surface area contributed by atoms with Gasteiger partial charge in [-0.3, -0.25) is 14.5 Å². The average Bonchev–Trinajstić information content (AvgIpc) is 2.85. The van der Waals surface area contributed by atoms with Gasteiger partial charge in [-0.2, -0.15) is 0 Å². The Hall–Kier alpha value is -3.66. The summed E-state index contributed by atoms with van der Waals surface area (Å²) < 4.78 is 5.63. The number of allylic oxidation sites excluding steroid dienone is 2. The minimum Gasteiger partial charge on any atom is -0.496 e. The predicted octanol–water partition coefficient (Wildman–Crippen LogP) is 6.23.